The molecule has 5 heteroatoms. The Kier molecular flexibility index (Phi) is 5.06. The van der Waals surface area contributed by atoms with Crippen LogP contribution in [0.1, 0.15) is 17.2 Å². The summed E-state index contributed by atoms with van der Waals surface area (Å²) in [5.41, 5.74) is 1.61. The van der Waals surface area contributed by atoms with Crippen molar-refractivity contribution in [2.24, 2.45) is 0 Å². The molecule has 0 radical (unpaired) electrons. The summed E-state index contributed by atoms with van der Waals surface area (Å²) < 4.78 is 7.80. The van der Waals surface area contributed by atoms with E-state index >= 15 is 0 Å². The van der Waals surface area contributed by atoms with Crippen LogP contribution >= 0.6 is 47.8 Å². The van der Waals surface area contributed by atoms with Gasteiger partial charge in [0.2, 0.25) is 0 Å². The molecule has 1 unspecified atom stereocenters. The third-order valence-electron chi connectivity index (χ3n) is 2.70. The van der Waals surface area contributed by atoms with Crippen LogP contribution in [0.4, 0.5) is 0 Å². The molecule has 2 aromatic carbocycles. The van der Waals surface area contributed by atoms with Crippen molar-refractivity contribution in [1.29, 1.82) is 0 Å². The van der Waals surface area contributed by atoms with Crippen LogP contribution in [0.25, 0.3) is 0 Å². The predicted octanol–water partition coefficient (Wildman–Crippen LogP) is 5.06. The summed E-state index contributed by atoms with van der Waals surface area (Å²) in [6.45, 7) is 0. The van der Waals surface area contributed by atoms with Gasteiger partial charge in [-0.2, -0.15) is 0 Å². The molecule has 2 aromatic rings. The van der Waals surface area contributed by atoms with E-state index in [1.54, 1.807) is 7.11 Å². The van der Waals surface area contributed by atoms with Crippen molar-refractivity contribution >= 4 is 47.8 Å². The molecule has 2 nitrogen and oxygen atoms in total. The molecule has 0 aromatic heterocycles. The second-order valence-corrected chi connectivity index (χ2v) is 6.68. The van der Waals surface area contributed by atoms with Crippen molar-refractivity contribution in [2.45, 2.75) is 6.10 Å². The van der Waals surface area contributed by atoms with Crippen LogP contribution in [0.2, 0.25) is 0 Å². The van der Waals surface area contributed by atoms with Crippen LogP contribution in [0.5, 0.6) is 5.75 Å². The second-order valence-electron chi connectivity index (χ2n) is 3.99. The number of hydrogen-bond donors (Lipinski definition) is 1. The van der Waals surface area contributed by atoms with Gasteiger partial charge in [-0.1, -0.05) is 53.9 Å². The zero-order valence-electron chi connectivity index (χ0n) is 10.0. The van der Waals surface area contributed by atoms with Gasteiger partial charge in [-0.25, -0.2) is 0 Å². The smallest absolute Gasteiger partial charge is 0.120 e. The van der Waals surface area contributed by atoms with Crippen LogP contribution in [0.3, 0.4) is 0 Å². The lowest BCUT2D eigenvalue weighted by atomic mass is 10.0. The molecule has 0 aliphatic heterocycles. The Morgan fingerprint density at radius 3 is 2.16 bits per heavy atom. The van der Waals surface area contributed by atoms with Gasteiger partial charge in [0.25, 0.3) is 0 Å². The molecule has 0 aliphatic carbocycles. The Bertz CT molecular complexity index is 579. The molecule has 0 spiro atoms. The van der Waals surface area contributed by atoms with Gasteiger partial charge >= 0.3 is 0 Å². The van der Waals surface area contributed by atoms with Crippen molar-refractivity contribution in [3.05, 3.63) is 60.9 Å². The molecule has 0 aliphatic rings. The largest absolute Gasteiger partial charge is 0.497 e. The molecule has 2 rings (SSSR count). The van der Waals surface area contributed by atoms with E-state index in [1.165, 1.54) is 0 Å². The topological polar surface area (TPSA) is 29.5 Å². The molecule has 0 heterocycles. The number of aliphatic hydroxyl groups excluding tert-OH is 1. The molecule has 19 heavy (non-hydrogen) atoms. The van der Waals surface area contributed by atoms with Crippen LogP contribution in [0, 0.1) is 0 Å². The molecule has 0 fully saturated rings. The molecular weight excluding hydrogens is 440 g/mol. The zero-order valence-corrected chi connectivity index (χ0v) is 14.8. The minimum Gasteiger partial charge on any atom is -0.497 e. The maximum absolute atomic E-state index is 10.5. The maximum Gasteiger partial charge on any atom is 0.120 e. The molecule has 1 atom stereocenters. The van der Waals surface area contributed by atoms with E-state index in [2.05, 4.69) is 47.8 Å². The summed E-state index contributed by atoms with van der Waals surface area (Å²) in [5.74, 6) is 0.748. The average molecular weight is 451 g/mol. The third-order valence-corrected chi connectivity index (χ3v) is 4.31. The van der Waals surface area contributed by atoms with E-state index in [4.69, 9.17) is 4.74 Å². The van der Waals surface area contributed by atoms with Crippen molar-refractivity contribution in [3.63, 3.8) is 0 Å². The highest BCUT2D eigenvalue weighted by Crippen LogP contribution is 2.33. The van der Waals surface area contributed by atoms with Crippen molar-refractivity contribution < 1.29 is 9.84 Å². The third kappa shape index (κ3) is 3.60. The van der Waals surface area contributed by atoms with Crippen molar-refractivity contribution in [3.8, 4) is 5.75 Å². The maximum atomic E-state index is 10.5. The molecule has 100 valence electrons. The molecule has 1 N–H and O–H groups in total. The van der Waals surface area contributed by atoms with Crippen LogP contribution in [0.15, 0.2) is 49.8 Å². The van der Waals surface area contributed by atoms with E-state index < -0.39 is 6.10 Å². The highest BCUT2D eigenvalue weighted by molar-refractivity contribution is 9.11. The molecule has 0 bridgehead atoms. The van der Waals surface area contributed by atoms with Crippen LogP contribution in [-0.2, 0) is 0 Å². The Labute approximate surface area is 137 Å². The highest BCUT2D eigenvalue weighted by Gasteiger charge is 2.15. The molecule has 0 saturated heterocycles. The van der Waals surface area contributed by atoms with Crippen molar-refractivity contribution in [1.82, 2.24) is 0 Å². The van der Waals surface area contributed by atoms with Crippen LogP contribution < -0.4 is 4.74 Å². The van der Waals surface area contributed by atoms with Gasteiger partial charge in [-0.05, 0) is 41.5 Å². The predicted molar refractivity (Wildman–Crippen MR) is 86.6 cm³/mol. The SMILES string of the molecule is COc1ccc(C(O)c2cc(Br)cc(Br)c2)c(Br)c1. The standard InChI is InChI=1S/C14H11Br3O2/c1-19-11-2-3-12(13(17)7-11)14(18)8-4-9(15)6-10(16)5-8/h2-7,14,18H,1H3. The summed E-state index contributed by atoms with van der Waals surface area (Å²) in [6.07, 6.45) is -0.700. The Morgan fingerprint density at radius 2 is 1.63 bits per heavy atom. The number of ether oxygens (including phenoxy) is 1. The number of rotatable bonds is 3. The summed E-state index contributed by atoms with van der Waals surface area (Å²) in [7, 11) is 1.61. The summed E-state index contributed by atoms with van der Waals surface area (Å²) in [6, 6.07) is 11.2. The Balaban J connectivity index is 2.40. The summed E-state index contributed by atoms with van der Waals surface area (Å²) in [4.78, 5) is 0. The minimum atomic E-state index is -0.700. The van der Waals surface area contributed by atoms with E-state index in [-0.39, 0.29) is 0 Å². The fourth-order valence-electron chi connectivity index (χ4n) is 1.77. The summed E-state index contributed by atoms with van der Waals surface area (Å²) >= 11 is 10.3. The van der Waals surface area contributed by atoms with Gasteiger partial charge in [0, 0.05) is 13.4 Å². The lowest BCUT2D eigenvalue weighted by molar-refractivity contribution is 0.219. The Hall–Kier alpha value is -0.360. The first-order valence-corrected chi connectivity index (χ1v) is 7.86. The second kappa shape index (κ2) is 6.39. The number of hydrogen-bond acceptors (Lipinski definition) is 2. The number of aliphatic hydroxyl groups is 1. The first kappa shape index (κ1) is 15.0. The average Bonchev–Trinajstić information content (AvgIpc) is 2.36. The van der Waals surface area contributed by atoms with Gasteiger partial charge in [0.05, 0.1) is 7.11 Å². The highest BCUT2D eigenvalue weighted by atomic mass is 79.9. The van der Waals surface area contributed by atoms with Gasteiger partial charge in [-0.3, -0.25) is 0 Å². The van der Waals surface area contributed by atoms with Gasteiger partial charge in [0.1, 0.15) is 11.9 Å². The normalized spacial score (nSPS) is 12.3. The van der Waals surface area contributed by atoms with Gasteiger partial charge in [0.15, 0.2) is 0 Å². The van der Waals surface area contributed by atoms with Crippen LogP contribution in [-0.4, -0.2) is 12.2 Å². The van der Waals surface area contributed by atoms with E-state index in [9.17, 15) is 5.11 Å². The lowest BCUT2D eigenvalue weighted by Gasteiger charge is -2.15. The fourth-order valence-corrected chi connectivity index (χ4v) is 3.67. The van der Waals surface area contributed by atoms with Crippen molar-refractivity contribution in [2.75, 3.05) is 7.11 Å². The van der Waals surface area contributed by atoms with Gasteiger partial charge < -0.3 is 9.84 Å². The number of halogens is 3. The summed E-state index contributed by atoms with van der Waals surface area (Å²) in [5, 5.41) is 10.5. The molecule has 0 amide bonds. The number of methoxy groups -OCH3 is 1. The lowest BCUT2D eigenvalue weighted by Crippen LogP contribution is -2.01. The fraction of sp³-hybridized carbons (Fsp3) is 0.143. The quantitative estimate of drug-likeness (QED) is 0.708. The minimum absolute atomic E-state index is 0.700. The molecule has 0 saturated carbocycles. The number of benzene rings is 2. The van der Waals surface area contributed by atoms with E-state index in [0.29, 0.717) is 0 Å². The first-order valence-electron chi connectivity index (χ1n) is 5.48. The first-order chi connectivity index (χ1) is 9.01. The zero-order chi connectivity index (χ0) is 14.0. The van der Waals surface area contributed by atoms with E-state index in [0.717, 1.165) is 30.3 Å². The monoisotopic (exact) mass is 448 g/mol. The van der Waals surface area contributed by atoms with Gasteiger partial charge in [-0.15, -0.1) is 0 Å². The molecular formula is C14H11Br3O2. The van der Waals surface area contributed by atoms with E-state index in [1.807, 2.05) is 36.4 Å². The Morgan fingerprint density at radius 1 is 1.00 bits per heavy atom.